The summed E-state index contributed by atoms with van der Waals surface area (Å²) in [6.07, 6.45) is 0. The first kappa shape index (κ1) is 13.9. The molecular weight excluding hydrogens is 264 g/mol. The summed E-state index contributed by atoms with van der Waals surface area (Å²) in [5.74, 6) is 0.887. The summed E-state index contributed by atoms with van der Waals surface area (Å²) in [4.78, 5) is 22.6. The number of thioether (sulfide) groups is 1. The Morgan fingerprint density at radius 2 is 2.11 bits per heavy atom. The zero-order valence-electron chi connectivity index (χ0n) is 10.4. The van der Waals surface area contributed by atoms with Gasteiger partial charge in [0.15, 0.2) is 0 Å². The van der Waals surface area contributed by atoms with Crippen LogP contribution in [0.15, 0.2) is 24.3 Å². The number of carboxylic acids is 1. The van der Waals surface area contributed by atoms with Crippen LogP contribution in [0.5, 0.6) is 0 Å². The van der Waals surface area contributed by atoms with E-state index in [0.29, 0.717) is 6.54 Å². The third-order valence-corrected chi connectivity index (χ3v) is 3.97. The van der Waals surface area contributed by atoms with Gasteiger partial charge in [-0.2, -0.15) is 11.8 Å². The van der Waals surface area contributed by atoms with Gasteiger partial charge in [0, 0.05) is 24.6 Å². The van der Waals surface area contributed by atoms with Crippen LogP contribution in [0.25, 0.3) is 0 Å². The molecule has 1 aromatic carbocycles. The molecule has 3 N–H and O–H groups in total. The molecule has 1 saturated heterocycles. The molecule has 1 aliphatic heterocycles. The predicted molar refractivity (Wildman–Crippen MR) is 74.4 cm³/mol. The maximum Gasteiger partial charge on any atom is 0.335 e. The van der Waals surface area contributed by atoms with Crippen LogP contribution in [-0.4, -0.2) is 41.1 Å². The molecule has 0 aromatic heterocycles. The van der Waals surface area contributed by atoms with E-state index in [1.54, 1.807) is 36.0 Å². The lowest BCUT2D eigenvalue weighted by molar-refractivity contribution is -0.122. The topological polar surface area (TPSA) is 78.4 Å². The lowest BCUT2D eigenvalue weighted by Crippen LogP contribution is -2.48. The van der Waals surface area contributed by atoms with E-state index < -0.39 is 5.97 Å². The summed E-state index contributed by atoms with van der Waals surface area (Å²) in [6, 6.07) is 6.38. The van der Waals surface area contributed by atoms with E-state index in [0.717, 1.165) is 23.6 Å². The standard InChI is InChI=1S/C13H16N2O3S/c16-12(11-8-19-6-5-14-11)15-7-9-1-3-10(4-2-9)13(17)18/h1-4,11,14H,5-8H2,(H,15,16)(H,17,18). The predicted octanol–water partition coefficient (Wildman–Crippen LogP) is 0.706. The first-order chi connectivity index (χ1) is 9.16. The molecule has 1 atom stereocenters. The number of rotatable bonds is 4. The molecule has 1 unspecified atom stereocenters. The van der Waals surface area contributed by atoms with Crippen LogP contribution in [0, 0.1) is 0 Å². The van der Waals surface area contributed by atoms with E-state index in [2.05, 4.69) is 10.6 Å². The minimum Gasteiger partial charge on any atom is -0.478 e. The molecule has 1 aromatic rings. The van der Waals surface area contributed by atoms with Gasteiger partial charge in [0.25, 0.3) is 0 Å². The summed E-state index contributed by atoms with van der Waals surface area (Å²) in [7, 11) is 0. The largest absolute Gasteiger partial charge is 0.478 e. The molecule has 0 bridgehead atoms. The quantitative estimate of drug-likeness (QED) is 0.757. The molecule has 0 aliphatic carbocycles. The molecule has 102 valence electrons. The Hall–Kier alpha value is -1.53. The van der Waals surface area contributed by atoms with Gasteiger partial charge in [-0.1, -0.05) is 12.1 Å². The highest BCUT2D eigenvalue weighted by Crippen LogP contribution is 2.08. The maximum atomic E-state index is 11.9. The van der Waals surface area contributed by atoms with Crippen LogP contribution in [0.2, 0.25) is 0 Å². The highest BCUT2D eigenvalue weighted by molar-refractivity contribution is 7.99. The van der Waals surface area contributed by atoms with Gasteiger partial charge in [0.2, 0.25) is 5.91 Å². The van der Waals surface area contributed by atoms with Crippen molar-refractivity contribution in [2.45, 2.75) is 12.6 Å². The molecule has 2 rings (SSSR count). The zero-order valence-corrected chi connectivity index (χ0v) is 11.2. The number of aromatic carboxylic acids is 1. The van der Waals surface area contributed by atoms with Gasteiger partial charge >= 0.3 is 5.97 Å². The van der Waals surface area contributed by atoms with Crippen molar-refractivity contribution in [2.75, 3.05) is 18.1 Å². The molecule has 6 heteroatoms. The van der Waals surface area contributed by atoms with Crippen LogP contribution < -0.4 is 10.6 Å². The van der Waals surface area contributed by atoms with Crippen molar-refractivity contribution in [3.05, 3.63) is 35.4 Å². The molecule has 0 spiro atoms. The SMILES string of the molecule is O=C(O)c1ccc(CNC(=O)C2CSCCN2)cc1. The minimum absolute atomic E-state index is 0.00508. The molecule has 1 aliphatic rings. The van der Waals surface area contributed by atoms with Gasteiger partial charge in [0.05, 0.1) is 11.6 Å². The summed E-state index contributed by atoms with van der Waals surface area (Å²) < 4.78 is 0. The van der Waals surface area contributed by atoms with Crippen LogP contribution in [0.3, 0.4) is 0 Å². The van der Waals surface area contributed by atoms with Crippen molar-refractivity contribution in [1.82, 2.24) is 10.6 Å². The first-order valence-corrected chi connectivity index (χ1v) is 7.23. The summed E-state index contributed by atoms with van der Waals surface area (Å²) in [5.41, 5.74) is 1.14. The van der Waals surface area contributed by atoms with E-state index >= 15 is 0 Å². The van der Waals surface area contributed by atoms with Gasteiger partial charge < -0.3 is 15.7 Å². The van der Waals surface area contributed by atoms with Crippen LogP contribution >= 0.6 is 11.8 Å². The third-order valence-electron chi connectivity index (χ3n) is 2.91. The van der Waals surface area contributed by atoms with Gasteiger partial charge in [0.1, 0.15) is 0 Å². The molecule has 19 heavy (non-hydrogen) atoms. The van der Waals surface area contributed by atoms with Crippen molar-refractivity contribution in [1.29, 1.82) is 0 Å². The Labute approximate surface area is 115 Å². The number of carboxylic acid groups (broad SMARTS) is 1. The van der Waals surface area contributed by atoms with E-state index in [9.17, 15) is 9.59 Å². The highest BCUT2D eigenvalue weighted by Gasteiger charge is 2.20. The molecule has 0 radical (unpaired) electrons. The number of carbonyl (C=O) groups excluding carboxylic acids is 1. The zero-order chi connectivity index (χ0) is 13.7. The fourth-order valence-electron chi connectivity index (χ4n) is 1.81. The summed E-state index contributed by atoms with van der Waals surface area (Å²) >= 11 is 1.77. The van der Waals surface area contributed by atoms with Crippen molar-refractivity contribution in [2.24, 2.45) is 0 Å². The molecular formula is C13H16N2O3S. The van der Waals surface area contributed by atoms with Gasteiger partial charge in [-0.3, -0.25) is 4.79 Å². The maximum absolute atomic E-state index is 11.9. The lowest BCUT2D eigenvalue weighted by Gasteiger charge is -2.22. The number of nitrogens with one attached hydrogen (secondary N) is 2. The highest BCUT2D eigenvalue weighted by atomic mass is 32.2. The van der Waals surface area contributed by atoms with Gasteiger partial charge in [-0.25, -0.2) is 4.79 Å². The van der Waals surface area contributed by atoms with Crippen molar-refractivity contribution >= 4 is 23.6 Å². The molecule has 1 heterocycles. The Morgan fingerprint density at radius 3 is 2.68 bits per heavy atom. The van der Waals surface area contributed by atoms with E-state index in [4.69, 9.17) is 5.11 Å². The van der Waals surface area contributed by atoms with Crippen LogP contribution in [-0.2, 0) is 11.3 Å². The number of amides is 1. The van der Waals surface area contributed by atoms with Crippen molar-refractivity contribution in [3.8, 4) is 0 Å². The normalized spacial score (nSPS) is 18.8. The van der Waals surface area contributed by atoms with Crippen molar-refractivity contribution in [3.63, 3.8) is 0 Å². The van der Waals surface area contributed by atoms with E-state index in [-0.39, 0.29) is 17.5 Å². The summed E-state index contributed by atoms with van der Waals surface area (Å²) in [6.45, 7) is 1.28. The number of carbonyl (C=O) groups is 2. The van der Waals surface area contributed by atoms with E-state index in [1.807, 2.05) is 0 Å². The number of benzene rings is 1. The van der Waals surface area contributed by atoms with Gasteiger partial charge in [-0.05, 0) is 17.7 Å². The Balaban J connectivity index is 1.84. The van der Waals surface area contributed by atoms with Crippen molar-refractivity contribution < 1.29 is 14.7 Å². The Bertz CT molecular complexity index is 455. The lowest BCUT2D eigenvalue weighted by atomic mass is 10.1. The van der Waals surface area contributed by atoms with E-state index in [1.165, 1.54) is 0 Å². The minimum atomic E-state index is -0.945. The average molecular weight is 280 g/mol. The Kier molecular flexibility index (Phi) is 4.81. The van der Waals surface area contributed by atoms with Crippen LogP contribution in [0.1, 0.15) is 15.9 Å². The molecule has 0 saturated carbocycles. The third kappa shape index (κ3) is 3.97. The van der Waals surface area contributed by atoms with Gasteiger partial charge in [-0.15, -0.1) is 0 Å². The fraction of sp³-hybridized carbons (Fsp3) is 0.385. The monoisotopic (exact) mass is 280 g/mol. The second-order valence-electron chi connectivity index (χ2n) is 4.30. The first-order valence-electron chi connectivity index (χ1n) is 6.08. The second kappa shape index (κ2) is 6.58. The number of hydrogen-bond acceptors (Lipinski definition) is 4. The number of hydrogen-bond donors (Lipinski definition) is 3. The molecule has 1 amide bonds. The van der Waals surface area contributed by atoms with Crippen LogP contribution in [0.4, 0.5) is 0 Å². The molecule has 1 fully saturated rings. The summed E-state index contributed by atoms with van der Waals surface area (Å²) in [5, 5.41) is 14.8. The Morgan fingerprint density at radius 1 is 1.37 bits per heavy atom. The second-order valence-corrected chi connectivity index (χ2v) is 5.45. The average Bonchev–Trinajstić information content (AvgIpc) is 2.46. The fourth-order valence-corrected chi connectivity index (χ4v) is 2.75. The smallest absolute Gasteiger partial charge is 0.335 e. The molecule has 5 nitrogen and oxygen atoms in total.